The van der Waals surface area contributed by atoms with Crippen LogP contribution in [0, 0.1) is 0 Å². The largest absolute Gasteiger partial charge is 0.465 e. The SMILES string of the molecule is CCCCN(CCC(N)C(=O)OCC)C1CC1. The van der Waals surface area contributed by atoms with E-state index in [1.807, 2.05) is 6.92 Å². The summed E-state index contributed by atoms with van der Waals surface area (Å²) >= 11 is 0. The lowest BCUT2D eigenvalue weighted by Gasteiger charge is -2.22. The molecule has 1 aliphatic carbocycles. The van der Waals surface area contributed by atoms with Gasteiger partial charge < -0.3 is 15.4 Å². The number of hydrogen-bond acceptors (Lipinski definition) is 4. The fraction of sp³-hybridized carbons (Fsp3) is 0.923. The normalized spacial score (nSPS) is 17.2. The molecule has 1 unspecified atom stereocenters. The highest BCUT2D eigenvalue weighted by molar-refractivity contribution is 5.75. The molecule has 1 atom stereocenters. The molecular weight excluding hydrogens is 216 g/mol. The van der Waals surface area contributed by atoms with Crippen molar-refractivity contribution < 1.29 is 9.53 Å². The molecule has 1 rings (SSSR count). The Kier molecular flexibility index (Phi) is 6.52. The van der Waals surface area contributed by atoms with Gasteiger partial charge in [-0.05, 0) is 39.2 Å². The monoisotopic (exact) mass is 242 g/mol. The van der Waals surface area contributed by atoms with E-state index in [0.29, 0.717) is 13.0 Å². The van der Waals surface area contributed by atoms with Crippen molar-refractivity contribution in [1.29, 1.82) is 0 Å². The number of carbonyl (C=O) groups excluding carboxylic acids is 1. The molecule has 0 aromatic rings. The maximum atomic E-state index is 11.4. The number of hydrogen-bond donors (Lipinski definition) is 1. The van der Waals surface area contributed by atoms with Crippen molar-refractivity contribution in [2.75, 3.05) is 19.7 Å². The standard InChI is InChI=1S/C13H26N2O2/c1-3-5-9-15(11-6-7-11)10-8-12(14)13(16)17-4-2/h11-12H,3-10,14H2,1-2H3. The van der Waals surface area contributed by atoms with Gasteiger partial charge in [0.1, 0.15) is 6.04 Å². The molecular formula is C13H26N2O2. The summed E-state index contributed by atoms with van der Waals surface area (Å²) in [5, 5.41) is 0. The molecule has 1 aliphatic rings. The minimum atomic E-state index is -0.460. The van der Waals surface area contributed by atoms with E-state index in [1.54, 1.807) is 0 Å². The molecule has 0 radical (unpaired) electrons. The van der Waals surface area contributed by atoms with E-state index in [1.165, 1.54) is 25.7 Å². The van der Waals surface area contributed by atoms with Crippen molar-refractivity contribution in [3.8, 4) is 0 Å². The Balaban J connectivity index is 2.23. The molecule has 0 aromatic carbocycles. The number of ether oxygens (including phenoxy) is 1. The highest BCUT2D eigenvalue weighted by atomic mass is 16.5. The number of rotatable bonds is 9. The summed E-state index contributed by atoms with van der Waals surface area (Å²) < 4.78 is 4.91. The Bertz CT molecular complexity index is 229. The van der Waals surface area contributed by atoms with Crippen LogP contribution in [-0.2, 0) is 9.53 Å². The average Bonchev–Trinajstić information content (AvgIpc) is 3.13. The summed E-state index contributed by atoms with van der Waals surface area (Å²) in [5.74, 6) is -0.265. The van der Waals surface area contributed by atoms with Crippen LogP contribution >= 0.6 is 0 Å². The number of unbranched alkanes of at least 4 members (excludes halogenated alkanes) is 1. The molecule has 17 heavy (non-hydrogen) atoms. The lowest BCUT2D eigenvalue weighted by molar-refractivity contribution is -0.144. The topological polar surface area (TPSA) is 55.6 Å². The molecule has 1 saturated carbocycles. The Labute approximate surface area is 104 Å². The van der Waals surface area contributed by atoms with Crippen LogP contribution in [0.5, 0.6) is 0 Å². The lowest BCUT2D eigenvalue weighted by Crippen LogP contribution is -2.38. The van der Waals surface area contributed by atoms with Crippen molar-refractivity contribution in [2.24, 2.45) is 5.73 Å². The zero-order valence-corrected chi connectivity index (χ0v) is 11.2. The highest BCUT2D eigenvalue weighted by Crippen LogP contribution is 2.27. The van der Waals surface area contributed by atoms with Gasteiger partial charge in [-0.25, -0.2) is 0 Å². The summed E-state index contributed by atoms with van der Waals surface area (Å²) in [6.45, 7) is 6.48. The summed E-state index contributed by atoms with van der Waals surface area (Å²) in [7, 11) is 0. The van der Waals surface area contributed by atoms with Gasteiger partial charge in [0.05, 0.1) is 6.61 Å². The van der Waals surface area contributed by atoms with Gasteiger partial charge >= 0.3 is 5.97 Å². The number of carbonyl (C=O) groups is 1. The first-order valence-corrected chi connectivity index (χ1v) is 6.85. The molecule has 2 N–H and O–H groups in total. The van der Waals surface area contributed by atoms with Gasteiger partial charge in [0, 0.05) is 12.6 Å². The second-order valence-electron chi connectivity index (χ2n) is 4.77. The molecule has 100 valence electrons. The van der Waals surface area contributed by atoms with Gasteiger partial charge in [-0.2, -0.15) is 0 Å². The number of nitrogens with two attached hydrogens (primary N) is 1. The number of esters is 1. The van der Waals surface area contributed by atoms with Gasteiger partial charge in [-0.15, -0.1) is 0 Å². The molecule has 0 amide bonds. The van der Waals surface area contributed by atoms with Crippen LogP contribution in [0.3, 0.4) is 0 Å². The molecule has 0 bridgehead atoms. The second-order valence-corrected chi connectivity index (χ2v) is 4.77. The maximum Gasteiger partial charge on any atom is 0.322 e. The Morgan fingerprint density at radius 1 is 1.41 bits per heavy atom. The van der Waals surface area contributed by atoms with E-state index in [-0.39, 0.29) is 5.97 Å². The molecule has 1 fully saturated rings. The van der Waals surface area contributed by atoms with Crippen LogP contribution in [-0.4, -0.2) is 42.6 Å². The summed E-state index contributed by atoms with van der Waals surface area (Å²) in [6, 6.07) is 0.286. The van der Waals surface area contributed by atoms with Gasteiger partial charge in [0.2, 0.25) is 0 Å². The van der Waals surface area contributed by atoms with Crippen LogP contribution in [0.1, 0.15) is 46.0 Å². The van der Waals surface area contributed by atoms with Gasteiger partial charge in [0.25, 0.3) is 0 Å². The predicted molar refractivity (Wildman–Crippen MR) is 68.7 cm³/mol. The van der Waals surface area contributed by atoms with Crippen LogP contribution in [0.15, 0.2) is 0 Å². The zero-order valence-electron chi connectivity index (χ0n) is 11.2. The first kappa shape index (κ1) is 14.5. The minimum absolute atomic E-state index is 0.265. The van der Waals surface area contributed by atoms with Crippen molar-refractivity contribution in [3.05, 3.63) is 0 Å². The molecule has 4 heteroatoms. The average molecular weight is 242 g/mol. The van der Waals surface area contributed by atoms with E-state index >= 15 is 0 Å². The summed E-state index contributed by atoms with van der Waals surface area (Å²) in [5.41, 5.74) is 5.80. The molecule has 0 saturated heterocycles. The zero-order chi connectivity index (χ0) is 12.7. The van der Waals surface area contributed by atoms with Crippen molar-refractivity contribution in [1.82, 2.24) is 4.90 Å². The van der Waals surface area contributed by atoms with Crippen LogP contribution in [0.4, 0.5) is 0 Å². The van der Waals surface area contributed by atoms with Gasteiger partial charge in [-0.1, -0.05) is 13.3 Å². The Hall–Kier alpha value is -0.610. The molecule has 0 aliphatic heterocycles. The van der Waals surface area contributed by atoms with Gasteiger partial charge in [-0.3, -0.25) is 4.79 Å². The Morgan fingerprint density at radius 3 is 2.65 bits per heavy atom. The van der Waals surface area contributed by atoms with Gasteiger partial charge in [0.15, 0.2) is 0 Å². The Morgan fingerprint density at radius 2 is 2.12 bits per heavy atom. The van der Waals surface area contributed by atoms with Crippen molar-refractivity contribution in [3.63, 3.8) is 0 Å². The maximum absolute atomic E-state index is 11.4. The molecule has 4 nitrogen and oxygen atoms in total. The smallest absolute Gasteiger partial charge is 0.322 e. The van der Waals surface area contributed by atoms with Crippen molar-refractivity contribution >= 4 is 5.97 Å². The fourth-order valence-corrected chi connectivity index (χ4v) is 1.95. The van der Waals surface area contributed by atoms with E-state index < -0.39 is 6.04 Å². The highest BCUT2D eigenvalue weighted by Gasteiger charge is 2.29. The van der Waals surface area contributed by atoms with Crippen LogP contribution < -0.4 is 5.73 Å². The van der Waals surface area contributed by atoms with E-state index in [2.05, 4.69) is 11.8 Å². The predicted octanol–water partition coefficient (Wildman–Crippen LogP) is 1.53. The first-order chi connectivity index (χ1) is 8.19. The number of nitrogens with zero attached hydrogens (tertiary/aromatic N) is 1. The van der Waals surface area contributed by atoms with E-state index in [0.717, 1.165) is 19.1 Å². The van der Waals surface area contributed by atoms with E-state index in [4.69, 9.17) is 10.5 Å². The minimum Gasteiger partial charge on any atom is -0.465 e. The second kappa shape index (κ2) is 7.67. The molecule has 0 heterocycles. The van der Waals surface area contributed by atoms with Crippen molar-refractivity contribution in [2.45, 2.75) is 58.0 Å². The third-order valence-corrected chi connectivity index (χ3v) is 3.18. The van der Waals surface area contributed by atoms with Crippen LogP contribution in [0.25, 0.3) is 0 Å². The quantitative estimate of drug-likeness (QED) is 0.623. The molecule has 0 aromatic heterocycles. The van der Waals surface area contributed by atoms with Crippen LogP contribution in [0.2, 0.25) is 0 Å². The van der Waals surface area contributed by atoms with E-state index in [9.17, 15) is 4.79 Å². The summed E-state index contributed by atoms with van der Waals surface area (Å²) in [4.78, 5) is 13.9. The lowest BCUT2D eigenvalue weighted by atomic mass is 10.2. The third kappa shape index (κ3) is 5.50. The first-order valence-electron chi connectivity index (χ1n) is 6.85. The molecule has 0 spiro atoms. The fourth-order valence-electron chi connectivity index (χ4n) is 1.95. The third-order valence-electron chi connectivity index (χ3n) is 3.18. The summed E-state index contributed by atoms with van der Waals surface area (Å²) in [6.07, 6.45) is 5.76.